The fourth-order valence-electron chi connectivity index (χ4n) is 6.12. The number of carbonyl (C=O) groups excluding carboxylic acids is 1. The largest absolute Gasteiger partial charge is 0.497 e. The Hall–Kier alpha value is -3.35. The van der Waals surface area contributed by atoms with E-state index in [4.69, 9.17) is 4.74 Å². The summed E-state index contributed by atoms with van der Waals surface area (Å²) in [5, 5.41) is 12.3. The van der Waals surface area contributed by atoms with Crippen LogP contribution in [0.4, 0.5) is 5.69 Å². The molecule has 3 aliphatic rings. The highest BCUT2D eigenvalue weighted by atomic mass is 16.6. The van der Waals surface area contributed by atoms with E-state index in [-0.39, 0.29) is 27.9 Å². The van der Waals surface area contributed by atoms with Gasteiger partial charge in [0.15, 0.2) is 0 Å². The van der Waals surface area contributed by atoms with Crippen LogP contribution in [-0.4, -0.2) is 40.9 Å². The van der Waals surface area contributed by atoms with Crippen molar-refractivity contribution in [3.05, 3.63) is 69.4 Å². The van der Waals surface area contributed by atoms with Crippen molar-refractivity contribution < 1.29 is 14.5 Å². The summed E-state index contributed by atoms with van der Waals surface area (Å²) in [5.41, 5.74) is 4.53. The molecule has 6 rings (SSSR count). The van der Waals surface area contributed by atoms with Crippen molar-refractivity contribution in [2.75, 3.05) is 20.2 Å². The smallest absolute Gasteiger partial charge is 0.270 e. The molecule has 2 fully saturated rings. The van der Waals surface area contributed by atoms with Crippen LogP contribution in [0, 0.1) is 22.0 Å². The zero-order valence-corrected chi connectivity index (χ0v) is 18.7. The van der Waals surface area contributed by atoms with Gasteiger partial charge in [-0.25, -0.2) is 0 Å². The standard InChI is InChI=1S/C26H27N3O4/c1-33-20-4-2-3-17(11-20)26-9-10-28(25(30)16-5-6-16)15-18(26)12-21-22-13-19(29(31)32)7-8-23(22)27-24(21)14-26/h2-4,7-8,11,13,16,18,27H,5-6,9-10,12,14-15H2,1H3. The van der Waals surface area contributed by atoms with E-state index in [1.165, 1.54) is 5.56 Å². The molecule has 1 aromatic heterocycles. The zero-order valence-electron chi connectivity index (χ0n) is 18.7. The number of benzene rings is 2. The Balaban J connectivity index is 1.46. The number of H-pyrrole nitrogens is 1. The number of nitro groups is 1. The summed E-state index contributed by atoms with van der Waals surface area (Å²) in [6, 6.07) is 13.4. The first-order valence-corrected chi connectivity index (χ1v) is 11.7. The summed E-state index contributed by atoms with van der Waals surface area (Å²) in [4.78, 5) is 29.6. The van der Waals surface area contributed by atoms with Crippen LogP contribution in [0.1, 0.15) is 36.1 Å². The number of aromatic nitrogens is 1. The molecule has 2 unspecified atom stereocenters. The Labute approximate surface area is 191 Å². The highest BCUT2D eigenvalue weighted by Gasteiger charge is 2.50. The molecule has 1 saturated carbocycles. The molecule has 2 aromatic carbocycles. The lowest BCUT2D eigenvalue weighted by Gasteiger charge is -2.51. The first kappa shape index (κ1) is 20.3. The van der Waals surface area contributed by atoms with Crippen molar-refractivity contribution in [3.8, 4) is 5.75 Å². The van der Waals surface area contributed by atoms with Gasteiger partial charge >= 0.3 is 0 Å². The van der Waals surface area contributed by atoms with Crippen molar-refractivity contribution in [3.63, 3.8) is 0 Å². The Morgan fingerprint density at radius 1 is 1.24 bits per heavy atom. The van der Waals surface area contributed by atoms with Crippen molar-refractivity contribution in [1.29, 1.82) is 0 Å². The molecular formula is C26H27N3O4. The minimum Gasteiger partial charge on any atom is -0.497 e. The average molecular weight is 446 g/mol. The van der Waals surface area contributed by atoms with Gasteiger partial charge in [0.25, 0.3) is 5.69 Å². The number of amides is 1. The number of likely N-dealkylation sites (tertiary alicyclic amines) is 1. The lowest BCUT2D eigenvalue weighted by atomic mass is 9.58. The molecule has 1 aliphatic heterocycles. The molecule has 2 aliphatic carbocycles. The van der Waals surface area contributed by atoms with Crippen LogP contribution in [0.15, 0.2) is 42.5 Å². The van der Waals surface area contributed by atoms with E-state index in [0.29, 0.717) is 5.91 Å². The van der Waals surface area contributed by atoms with E-state index in [2.05, 4.69) is 22.0 Å². The Kier molecular flexibility index (Phi) is 4.50. The van der Waals surface area contributed by atoms with Gasteiger partial charge in [0.05, 0.1) is 12.0 Å². The van der Waals surface area contributed by atoms with Crippen LogP contribution in [0.2, 0.25) is 0 Å². The van der Waals surface area contributed by atoms with Gasteiger partial charge in [0.1, 0.15) is 5.75 Å². The van der Waals surface area contributed by atoms with E-state index in [1.54, 1.807) is 19.2 Å². The first-order valence-electron chi connectivity index (χ1n) is 11.7. The molecule has 33 heavy (non-hydrogen) atoms. The molecule has 1 amide bonds. The number of nitro benzene ring substituents is 1. The molecule has 3 aromatic rings. The van der Waals surface area contributed by atoms with Crippen molar-refractivity contribution in [1.82, 2.24) is 9.88 Å². The average Bonchev–Trinajstić information content (AvgIpc) is 3.63. The molecule has 170 valence electrons. The predicted molar refractivity (Wildman–Crippen MR) is 124 cm³/mol. The number of aromatic amines is 1. The normalized spacial score (nSPS) is 24.3. The molecule has 1 N–H and O–H groups in total. The van der Waals surface area contributed by atoms with E-state index < -0.39 is 0 Å². The summed E-state index contributed by atoms with van der Waals surface area (Å²) in [6.07, 6.45) is 4.54. The number of fused-ring (bicyclic) bond motifs is 4. The molecule has 1 saturated heterocycles. The minimum atomic E-state index is -0.334. The minimum absolute atomic E-state index is 0.102. The second-order valence-corrected chi connectivity index (χ2v) is 9.84. The van der Waals surface area contributed by atoms with Gasteiger partial charge < -0.3 is 14.6 Å². The number of nitrogens with zero attached hydrogens (tertiary/aromatic N) is 2. The fourth-order valence-corrected chi connectivity index (χ4v) is 6.12. The van der Waals surface area contributed by atoms with Gasteiger partial charge in [-0.1, -0.05) is 12.1 Å². The number of rotatable bonds is 4. The van der Waals surface area contributed by atoms with E-state index >= 15 is 0 Å². The fraction of sp³-hybridized carbons (Fsp3) is 0.423. The number of nitrogens with one attached hydrogen (secondary N) is 1. The van der Waals surface area contributed by atoms with E-state index in [9.17, 15) is 14.9 Å². The summed E-state index contributed by atoms with van der Waals surface area (Å²) >= 11 is 0. The van der Waals surface area contributed by atoms with Crippen LogP contribution < -0.4 is 4.74 Å². The van der Waals surface area contributed by atoms with Crippen molar-refractivity contribution >= 4 is 22.5 Å². The maximum absolute atomic E-state index is 12.9. The maximum Gasteiger partial charge on any atom is 0.270 e. The number of methoxy groups -OCH3 is 1. The molecule has 0 radical (unpaired) electrons. The highest BCUT2D eigenvalue weighted by Crippen LogP contribution is 2.50. The Morgan fingerprint density at radius 3 is 2.85 bits per heavy atom. The zero-order chi connectivity index (χ0) is 22.7. The maximum atomic E-state index is 12.9. The van der Waals surface area contributed by atoms with Gasteiger partial charge in [-0.05, 0) is 67.3 Å². The number of hydrogen-bond donors (Lipinski definition) is 1. The molecule has 2 atom stereocenters. The van der Waals surface area contributed by atoms with Gasteiger partial charge in [0, 0.05) is 53.2 Å². The van der Waals surface area contributed by atoms with Gasteiger partial charge in [-0.15, -0.1) is 0 Å². The number of ether oxygens (including phenoxy) is 1. The first-order chi connectivity index (χ1) is 16.0. The summed E-state index contributed by atoms with van der Waals surface area (Å²) in [7, 11) is 1.69. The van der Waals surface area contributed by atoms with Crippen LogP contribution in [0.3, 0.4) is 0 Å². The van der Waals surface area contributed by atoms with Crippen molar-refractivity contribution in [2.45, 2.75) is 37.5 Å². The van der Waals surface area contributed by atoms with Crippen LogP contribution in [-0.2, 0) is 23.1 Å². The molecule has 2 heterocycles. The third kappa shape index (κ3) is 3.21. The number of carbonyl (C=O) groups is 1. The second-order valence-electron chi connectivity index (χ2n) is 9.84. The van der Waals surface area contributed by atoms with Crippen LogP contribution in [0.25, 0.3) is 10.9 Å². The van der Waals surface area contributed by atoms with Crippen LogP contribution >= 0.6 is 0 Å². The van der Waals surface area contributed by atoms with Crippen LogP contribution in [0.5, 0.6) is 5.75 Å². The number of hydrogen-bond acceptors (Lipinski definition) is 4. The Morgan fingerprint density at radius 2 is 2.09 bits per heavy atom. The molecule has 0 bridgehead atoms. The topological polar surface area (TPSA) is 88.5 Å². The van der Waals surface area contributed by atoms with Crippen molar-refractivity contribution in [2.24, 2.45) is 11.8 Å². The molecule has 0 spiro atoms. The highest BCUT2D eigenvalue weighted by molar-refractivity contribution is 5.87. The molecule has 7 nitrogen and oxygen atoms in total. The quantitative estimate of drug-likeness (QED) is 0.477. The number of piperidine rings is 1. The van der Waals surface area contributed by atoms with Gasteiger partial charge in [-0.3, -0.25) is 14.9 Å². The molecule has 7 heteroatoms. The second kappa shape index (κ2) is 7.33. The molecular weight excluding hydrogens is 418 g/mol. The predicted octanol–water partition coefficient (Wildman–Crippen LogP) is 4.38. The van der Waals surface area contributed by atoms with Gasteiger partial charge in [0.2, 0.25) is 5.91 Å². The third-order valence-electron chi connectivity index (χ3n) is 8.06. The lowest BCUT2D eigenvalue weighted by molar-refractivity contribution is -0.384. The van der Waals surface area contributed by atoms with E-state index in [1.807, 2.05) is 18.2 Å². The third-order valence-corrected chi connectivity index (χ3v) is 8.06. The SMILES string of the molecule is COc1cccc(C23CCN(C(=O)C4CC4)CC2Cc2c([nH]c4ccc([N+](=O)[O-])cc24)C3)c1. The lowest BCUT2D eigenvalue weighted by Crippen LogP contribution is -2.55. The Bertz CT molecular complexity index is 1280. The summed E-state index contributed by atoms with van der Waals surface area (Å²) < 4.78 is 5.54. The summed E-state index contributed by atoms with van der Waals surface area (Å²) in [5.74, 6) is 1.60. The van der Waals surface area contributed by atoms with E-state index in [0.717, 1.165) is 73.1 Å². The van der Waals surface area contributed by atoms with Gasteiger partial charge in [-0.2, -0.15) is 0 Å². The summed E-state index contributed by atoms with van der Waals surface area (Å²) in [6.45, 7) is 1.50. The number of non-ortho nitro benzene ring substituents is 1. The monoisotopic (exact) mass is 445 g/mol.